The Balaban J connectivity index is 2.51. The molecule has 1 aromatic heterocycles. The maximum atomic E-state index is 9.90. The van der Waals surface area contributed by atoms with Crippen LogP contribution in [-0.2, 0) is 4.74 Å². The molecule has 0 aliphatic heterocycles. The molecule has 0 aromatic carbocycles. The van der Waals surface area contributed by atoms with E-state index in [2.05, 4.69) is 4.98 Å². The van der Waals surface area contributed by atoms with Gasteiger partial charge in [0, 0.05) is 18.9 Å². The van der Waals surface area contributed by atoms with Gasteiger partial charge in [-0.1, -0.05) is 23.8 Å². The second kappa shape index (κ2) is 3.69. The van der Waals surface area contributed by atoms with Crippen molar-refractivity contribution in [3.63, 3.8) is 0 Å². The minimum absolute atomic E-state index is 0.335. The summed E-state index contributed by atoms with van der Waals surface area (Å²) < 4.78 is 5.09. The lowest BCUT2D eigenvalue weighted by Crippen LogP contribution is -2.22. The van der Waals surface area contributed by atoms with Crippen LogP contribution in [0.15, 0.2) is 18.3 Å². The molecular weight excluding hydrogens is 202 g/mol. The molecule has 4 heteroatoms. The van der Waals surface area contributed by atoms with Crippen LogP contribution in [0.3, 0.4) is 0 Å². The molecule has 2 rings (SSSR count). The third kappa shape index (κ3) is 1.43. The van der Waals surface area contributed by atoms with Crippen molar-refractivity contribution in [3.8, 4) is 0 Å². The van der Waals surface area contributed by atoms with Gasteiger partial charge in [-0.2, -0.15) is 0 Å². The van der Waals surface area contributed by atoms with E-state index in [9.17, 15) is 5.11 Å². The molecule has 1 heterocycles. The van der Waals surface area contributed by atoms with Crippen LogP contribution < -0.4 is 0 Å². The summed E-state index contributed by atoms with van der Waals surface area (Å²) >= 11 is 5.90. The van der Waals surface area contributed by atoms with Gasteiger partial charge in [-0.05, 0) is 11.6 Å². The number of aliphatic hydroxyl groups is 1. The molecule has 1 N–H and O–H groups in total. The van der Waals surface area contributed by atoms with Crippen molar-refractivity contribution < 1.29 is 9.84 Å². The highest BCUT2D eigenvalue weighted by molar-refractivity contribution is 6.30. The number of fused-ring (bicyclic) bond motifs is 1. The summed E-state index contributed by atoms with van der Waals surface area (Å²) in [5.74, 6) is 0. The van der Waals surface area contributed by atoms with Gasteiger partial charge in [-0.3, -0.25) is 0 Å². The summed E-state index contributed by atoms with van der Waals surface area (Å²) in [6, 6.07) is 1.81. The lowest BCUT2D eigenvalue weighted by atomic mass is 9.95. The third-order valence-corrected chi connectivity index (χ3v) is 2.62. The van der Waals surface area contributed by atoms with Crippen molar-refractivity contribution in [2.45, 2.75) is 12.2 Å². The molecule has 0 unspecified atom stereocenters. The first-order valence-corrected chi connectivity index (χ1v) is 4.65. The van der Waals surface area contributed by atoms with Crippen LogP contribution in [0.25, 0.3) is 6.08 Å². The number of hydrogen-bond acceptors (Lipinski definition) is 3. The monoisotopic (exact) mass is 211 g/mol. The summed E-state index contributed by atoms with van der Waals surface area (Å²) in [4.78, 5) is 3.93. The highest BCUT2D eigenvalue weighted by atomic mass is 35.5. The van der Waals surface area contributed by atoms with Gasteiger partial charge in [0.05, 0.1) is 0 Å². The fraction of sp³-hybridized carbons (Fsp3) is 0.300. The number of aromatic nitrogens is 1. The summed E-state index contributed by atoms with van der Waals surface area (Å²) in [5, 5.41) is 10.2. The third-order valence-electron chi connectivity index (χ3n) is 2.32. The molecule has 0 saturated carbocycles. The number of halogens is 1. The number of ether oxygens (including phenoxy) is 1. The van der Waals surface area contributed by atoms with Gasteiger partial charge in [-0.15, -0.1) is 0 Å². The highest BCUT2D eigenvalue weighted by Gasteiger charge is 2.26. The van der Waals surface area contributed by atoms with E-state index < -0.39 is 6.10 Å². The number of methoxy groups -OCH3 is 1. The fourth-order valence-electron chi connectivity index (χ4n) is 1.58. The molecule has 1 aromatic rings. The average molecular weight is 212 g/mol. The molecule has 0 bridgehead atoms. The lowest BCUT2D eigenvalue weighted by Gasteiger charge is -2.24. The van der Waals surface area contributed by atoms with E-state index in [1.54, 1.807) is 13.3 Å². The molecule has 14 heavy (non-hydrogen) atoms. The summed E-state index contributed by atoms with van der Waals surface area (Å²) in [6.07, 6.45) is 4.23. The van der Waals surface area contributed by atoms with Crippen LogP contribution in [0, 0.1) is 0 Å². The van der Waals surface area contributed by atoms with Gasteiger partial charge in [-0.25, -0.2) is 4.98 Å². The Labute approximate surface area is 87.0 Å². The quantitative estimate of drug-likeness (QED) is 0.721. The molecule has 2 atom stereocenters. The average Bonchev–Trinajstić information content (AvgIpc) is 2.18. The van der Waals surface area contributed by atoms with Gasteiger partial charge in [0.2, 0.25) is 0 Å². The van der Waals surface area contributed by atoms with Gasteiger partial charge in [0.15, 0.2) is 0 Å². The van der Waals surface area contributed by atoms with E-state index in [4.69, 9.17) is 16.3 Å². The standard InChI is InChI=1S/C10H10ClNO2/c1-14-7-3-2-6-4-5-12-10(11)8(6)9(7)13/h2-5,7,9,13H,1H3/t7-,9+/m0/s1. The van der Waals surface area contributed by atoms with Crippen molar-refractivity contribution in [2.75, 3.05) is 7.11 Å². The Morgan fingerprint density at radius 2 is 2.36 bits per heavy atom. The molecule has 0 fully saturated rings. The van der Waals surface area contributed by atoms with Crippen molar-refractivity contribution in [1.29, 1.82) is 0 Å². The maximum Gasteiger partial charge on any atom is 0.135 e. The Hall–Kier alpha value is -0.900. The number of nitrogens with zero attached hydrogens (tertiary/aromatic N) is 1. The zero-order chi connectivity index (χ0) is 10.1. The Morgan fingerprint density at radius 3 is 3.07 bits per heavy atom. The first-order valence-electron chi connectivity index (χ1n) is 4.27. The zero-order valence-electron chi connectivity index (χ0n) is 7.64. The number of aliphatic hydroxyl groups excluding tert-OH is 1. The van der Waals surface area contributed by atoms with Crippen molar-refractivity contribution in [2.24, 2.45) is 0 Å². The Kier molecular flexibility index (Phi) is 2.54. The lowest BCUT2D eigenvalue weighted by molar-refractivity contribution is 0.0149. The van der Waals surface area contributed by atoms with Crippen LogP contribution in [0.1, 0.15) is 17.2 Å². The minimum atomic E-state index is -0.735. The summed E-state index contributed by atoms with van der Waals surface area (Å²) in [7, 11) is 1.55. The molecule has 1 aliphatic carbocycles. The summed E-state index contributed by atoms with van der Waals surface area (Å²) in [6.45, 7) is 0. The molecule has 0 amide bonds. The van der Waals surface area contributed by atoms with Crippen LogP contribution in [0.5, 0.6) is 0 Å². The van der Waals surface area contributed by atoms with Crippen molar-refractivity contribution in [3.05, 3.63) is 34.6 Å². The zero-order valence-corrected chi connectivity index (χ0v) is 8.40. The topological polar surface area (TPSA) is 42.4 Å². The molecule has 0 spiro atoms. The Morgan fingerprint density at radius 1 is 1.57 bits per heavy atom. The fourth-order valence-corrected chi connectivity index (χ4v) is 1.85. The van der Waals surface area contributed by atoms with E-state index in [0.29, 0.717) is 10.7 Å². The number of rotatable bonds is 1. The molecular formula is C10H10ClNO2. The molecule has 3 nitrogen and oxygen atoms in total. The Bertz CT molecular complexity index is 378. The molecule has 74 valence electrons. The number of pyridine rings is 1. The maximum absolute atomic E-state index is 9.90. The van der Waals surface area contributed by atoms with Crippen molar-refractivity contribution >= 4 is 17.7 Å². The molecule has 1 aliphatic rings. The van der Waals surface area contributed by atoms with Crippen LogP contribution >= 0.6 is 11.6 Å². The van der Waals surface area contributed by atoms with E-state index in [-0.39, 0.29) is 6.10 Å². The van der Waals surface area contributed by atoms with Crippen LogP contribution in [0.4, 0.5) is 0 Å². The first kappa shape index (κ1) is 9.65. The van der Waals surface area contributed by atoms with E-state index >= 15 is 0 Å². The minimum Gasteiger partial charge on any atom is -0.385 e. The first-order chi connectivity index (χ1) is 6.74. The number of hydrogen-bond donors (Lipinski definition) is 1. The van der Waals surface area contributed by atoms with Crippen molar-refractivity contribution in [1.82, 2.24) is 4.98 Å². The SMILES string of the molecule is CO[C@H]1C=Cc2ccnc(Cl)c2[C@@H]1O. The summed E-state index contributed by atoms with van der Waals surface area (Å²) in [5.41, 5.74) is 1.54. The van der Waals surface area contributed by atoms with Gasteiger partial charge >= 0.3 is 0 Å². The highest BCUT2D eigenvalue weighted by Crippen LogP contribution is 2.33. The smallest absolute Gasteiger partial charge is 0.135 e. The normalized spacial score (nSPS) is 24.8. The van der Waals surface area contributed by atoms with Gasteiger partial charge in [0.1, 0.15) is 17.4 Å². The van der Waals surface area contributed by atoms with E-state index in [1.165, 1.54) is 0 Å². The van der Waals surface area contributed by atoms with E-state index in [0.717, 1.165) is 5.56 Å². The second-order valence-electron chi connectivity index (χ2n) is 3.11. The predicted molar refractivity (Wildman–Crippen MR) is 54.0 cm³/mol. The van der Waals surface area contributed by atoms with E-state index in [1.807, 2.05) is 18.2 Å². The van der Waals surface area contributed by atoms with Crippen LogP contribution in [-0.4, -0.2) is 23.3 Å². The predicted octanol–water partition coefficient (Wildman–Crippen LogP) is 1.81. The van der Waals surface area contributed by atoms with Gasteiger partial charge in [0.25, 0.3) is 0 Å². The van der Waals surface area contributed by atoms with Crippen LogP contribution in [0.2, 0.25) is 5.15 Å². The molecule has 0 radical (unpaired) electrons. The largest absolute Gasteiger partial charge is 0.385 e. The van der Waals surface area contributed by atoms with Gasteiger partial charge < -0.3 is 9.84 Å². The molecule has 0 saturated heterocycles. The second-order valence-corrected chi connectivity index (χ2v) is 3.47.